The molecule has 0 atom stereocenters. The van der Waals surface area contributed by atoms with E-state index < -0.39 is 0 Å². The van der Waals surface area contributed by atoms with E-state index in [9.17, 15) is 4.79 Å². The van der Waals surface area contributed by atoms with E-state index in [1.54, 1.807) is 12.2 Å². The molecule has 0 aliphatic rings. The smallest absolute Gasteiger partial charge is 0.251 e. The normalized spacial score (nSPS) is 11.4. The molecular formula is C32H41N3O. The lowest BCUT2D eigenvalue weighted by atomic mass is 9.92. The molecular weight excluding hydrogens is 442 g/mol. The molecule has 2 aromatic carbocycles. The molecule has 0 fully saturated rings. The van der Waals surface area contributed by atoms with Crippen molar-refractivity contribution in [2.75, 3.05) is 24.5 Å². The number of hydrogen-bond donors (Lipinski definition) is 1. The Bertz CT molecular complexity index is 1280. The molecule has 4 heteroatoms. The van der Waals surface area contributed by atoms with Gasteiger partial charge >= 0.3 is 0 Å². The Morgan fingerprint density at radius 2 is 1.64 bits per heavy atom. The van der Waals surface area contributed by atoms with Gasteiger partial charge in [0.1, 0.15) is 0 Å². The molecule has 0 saturated heterocycles. The van der Waals surface area contributed by atoms with Crippen LogP contribution < -0.4 is 10.2 Å². The minimum Gasteiger partial charge on any atom is -0.370 e. The molecule has 1 N–H and O–H groups in total. The van der Waals surface area contributed by atoms with Crippen LogP contribution in [0, 0.1) is 20.8 Å². The maximum absolute atomic E-state index is 12.9. The Hall–Kier alpha value is -3.66. The summed E-state index contributed by atoms with van der Waals surface area (Å²) in [6.07, 6.45) is 7.45. The second-order valence-corrected chi connectivity index (χ2v) is 9.28. The molecule has 36 heavy (non-hydrogen) atoms. The molecule has 0 spiro atoms. The zero-order valence-electron chi connectivity index (χ0n) is 22.4. The Kier molecular flexibility index (Phi) is 9.24. The number of benzene rings is 2. The topological polar surface area (TPSA) is 45.2 Å². The Morgan fingerprint density at radius 1 is 1.03 bits per heavy atom. The maximum Gasteiger partial charge on any atom is 0.251 e. The molecule has 4 nitrogen and oxygen atoms in total. The van der Waals surface area contributed by atoms with Crippen LogP contribution in [0.25, 0.3) is 22.0 Å². The van der Waals surface area contributed by atoms with Gasteiger partial charge in [-0.3, -0.25) is 9.78 Å². The van der Waals surface area contributed by atoms with Gasteiger partial charge in [-0.15, -0.1) is 0 Å². The first kappa shape index (κ1) is 26.9. The van der Waals surface area contributed by atoms with Crippen LogP contribution >= 0.6 is 0 Å². The number of nitrogens with one attached hydrogen (secondary N) is 1. The monoisotopic (exact) mass is 483 g/mol. The van der Waals surface area contributed by atoms with Crippen molar-refractivity contribution >= 4 is 22.4 Å². The molecule has 0 saturated carbocycles. The zero-order chi connectivity index (χ0) is 26.2. The van der Waals surface area contributed by atoms with E-state index in [1.165, 1.54) is 11.1 Å². The number of allylic oxidation sites excluding steroid dienone is 2. The van der Waals surface area contributed by atoms with Crippen molar-refractivity contribution in [3.05, 3.63) is 95.7 Å². The third-order valence-electron chi connectivity index (χ3n) is 6.44. The molecule has 0 aliphatic heterocycles. The van der Waals surface area contributed by atoms with Crippen LogP contribution in [0.4, 0.5) is 5.69 Å². The predicted molar refractivity (Wildman–Crippen MR) is 157 cm³/mol. The lowest BCUT2D eigenvalue weighted by Crippen LogP contribution is -2.26. The highest BCUT2D eigenvalue weighted by Crippen LogP contribution is 2.38. The van der Waals surface area contributed by atoms with Crippen molar-refractivity contribution in [1.82, 2.24) is 10.3 Å². The minimum atomic E-state index is -0.108. The van der Waals surface area contributed by atoms with E-state index >= 15 is 0 Å². The Labute approximate surface area is 217 Å². The van der Waals surface area contributed by atoms with Gasteiger partial charge in [0, 0.05) is 43.0 Å². The van der Waals surface area contributed by atoms with Crippen molar-refractivity contribution in [3.63, 3.8) is 0 Å². The van der Waals surface area contributed by atoms with E-state index in [2.05, 4.69) is 82.3 Å². The highest BCUT2D eigenvalue weighted by Gasteiger charge is 2.20. The average molecular weight is 484 g/mol. The number of carbonyl (C=O) groups is 1. The summed E-state index contributed by atoms with van der Waals surface area (Å²) in [6, 6.07) is 12.5. The van der Waals surface area contributed by atoms with Crippen LogP contribution in [0.5, 0.6) is 0 Å². The van der Waals surface area contributed by atoms with Gasteiger partial charge in [0.15, 0.2) is 0 Å². The number of fused-ring (bicyclic) bond motifs is 1. The predicted octanol–water partition coefficient (Wildman–Crippen LogP) is 7.73. The van der Waals surface area contributed by atoms with Gasteiger partial charge in [-0.05, 0) is 62.4 Å². The first-order valence-electron chi connectivity index (χ1n) is 12.8. The van der Waals surface area contributed by atoms with Crippen LogP contribution in [0.3, 0.4) is 0 Å². The minimum absolute atomic E-state index is 0. The van der Waals surface area contributed by atoms with Gasteiger partial charge in [0.2, 0.25) is 0 Å². The molecule has 0 aliphatic carbocycles. The molecule has 0 radical (unpaired) electrons. The fourth-order valence-electron chi connectivity index (χ4n) is 4.94. The van der Waals surface area contributed by atoms with E-state index in [1.807, 2.05) is 18.2 Å². The highest BCUT2D eigenvalue weighted by molar-refractivity contribution is 6.04. The van der Waals surface area contributed by atoms with Crippen LogP contribution in [0.1, 0.15) is 55.3 Å². The van der Waals surface area contributed by atoms with Gasteiger partial charge in [-0.1, -0.05) is 69.5 Å². The number of hydrogen-bond acceptors (Lipinski definition) is 3. The fraction of sp³-hybridized carbons (Fsp3) is 0.312. The fourth-order valence-corrected chi connectivity index (χ4v) is 4.94. The summed E-state index contributed by atoms with van der Waals surface area (Å²) in [7, 11) is 0. The molecule has 190 valence electrons. The van der Waals surface area contributed by atoms with Crippen molar-refractivity contribution in [2.45, 2.75) is 47.5 Å². The number of pyridine rings is 1. The number of nitrogens with zero attached hydrogens (tertiary/aromatic N) is 2. The number of aromatic nitrogens is 1. The molecule has 1 aromatic heterocycles. The van der Waals surface area contributed by atoms with Gasteiger partial charge in [-0.25, -0.2) is 0 Å². The van der Waals surface area contributed by atoms with Crippen LogP contribution in [-0.2, 0) is 0 Å². The largest absolute Gasteiger partial charge is 0.370 e. The molecule has 0 unspecified atom stereocenters. The van der Waals surface area contributed by atoms with E-state index in [0.717, 1.165) is 65.0 Å². The maximum atomic E-state index is 12.9. The van der Waals surface area contributed by atoms with Crippen molar-refractivity contribution in [3.8, 4) is 11.3 Å². The van der Waals surface area contributed by atoms with E-state index in [4.69, 9.17) is 4.98 Å². The SMILES string of the molecule is C=C/C=C(\C=C)CNC(=O)c1cc(C)c(-c2nc(C)c(N(CCC)CCC)c3ccccc23)c(C)c1.[HH]. The standard InChI is InChI=1S/C32H39N3O.H2/c1-8-14-25(11-4)21-33-32(36)26-19-22(5)29(23(6)20-26)30-27-15-12-13-16-28(27)31(24(7)34-30)35(17-9-2)18-10-3;/h8,11-16,19-20H,1,4,9-10,17-18,21H2,2-3,5-7H3,(H,33,36);1H/b25-14+;. The van der Waals surface area contributed by atoms with Crippen molar-refractivity contribution in [1.29, 1.82) is 0 Å². The van der Waals surface area contributed by atoms with Crippen molar-refractivity contribution in [2.24, 2.45) is 0 Å². The van der Waals surface area contributed by atoms with Gasteiger partial charge in [0.05, 0.1) is 17.1 Å². The Balaban J connectivity index is 0.00000481. The molecule has 1 heterocycles. The highest BCUT2D eigenvalue weighted by atomic mass is 16.1. The summed E-state index contributed by atoms with van der Waals surface area (Å²) in [5.74, 6) is -0.108. The molecule has 0 bridgehead atoms. The summed E-state index contributed by atoms with van der Waals surface area (Å²) in [5.41, 5.74) is 7.97. The summed E-state index contributed by atoms with van der Waals surface area (Å²) in [6.45, 7) is 20.6. The van der Waals surface area contributed by atoms with Gasteiger partial charge in [-0.2, -0.15) is 0 Å². The second kappa shape index (κ2) is 12.3. The average Bonchev–Trinajstić information content (AvgIpc) is 2.86. The first-order valence-corrected chi connectivity index (χ1v) is 12.8. The summed E-state index contributed by atoms with van der Waals surface area (Å²) < 4.78 is 0. The summed E-state index contributed by atoms with van der Waals surface area (Å²) in [5, 5.41) is 5.36. The second-order valence-electron chi connectivity index (χ2n) is 9.28. The summed E-state index contributed by atoms with van der Waals surface area (Å²) in [4.78, 5) is 20.6. The molecule has 3 aromatic rings. The number of anilines is 1. The number of aryl methyl sites for hydroxylation is 3. The van der Waals surface area contributed by atoms with E-state index in [-0.39, 0.29) is 7.33 Å². The summed E-state index contributed by atoms with van der Waals surface area (Å²) >= 11 is 0. The van der Waals surface area contributed by atoms with Gasteiger partial charge in [0.25, 0.3) is 5.91 Å². The van der Waals surface area contributed by atoms with Crippen LogP contribution in [0.15, 0.2) is 73.4 Å². The lowest BCUT2D eigenvalue weighted by Gasteiger charge is -2.28. The molecule has 3 rings (SSSR count). The number of rotatable bonds is 11. The first-order chi connectivity index (χ1) is 17.4. The lowest BCUT2D eigenvalue weighted by molar-refractivity contribution is 0.0957. The molecule has 1 amide bonds. The van der Waals surface area contributed by atoms with Gasteiger partial charge < -0.3 is 10.2 Å². The third-order valence-corrected chi connectivity index (χ3v) is 6.44. The van der Waals surface area contributed by atoms with E-state index in [0.29, 0.717) is 12.1 Å². The number of amides is 1. The van der Waals surface area contributed by atoms with Crippen LogP contribution in [0.2, 0.25) is 0 Å². The van der Waals surface area contributed by atoms with Crippen LogP contribution in [-0.4, -0.2) is 30.5 Å². The Morgan fingerprint density at radius 3 is 2.19 bits per heavy atom. The zero-order valence-corrected chi connectivity index (χ0v) is 22.4. The van der Waals surface area contributed by atoms with Crippen molar-refractivity contribution < 1.29 is 6.22 Å². The third kappa shape index (κ3) is 5.76. The quantitative estimate of drug-likeness (QED) is 0.284. The number of carbonyl (C=O) groups excluding carboxylic acids is 1.